The molecule has 124 valence electrons. The molecule has 2 atom stereocenters. The minimum Gasteiger partial charge on any atom is -0.339 e. The molecule has 0 heterocycles. The molecule has 2 aliphatic carbocycles. The van der Waals surface area contributed by atoms with Crippen LogP contribution >= 0.6 is 0 Å². The van der Waals surface area contributed by atoms with E-state index >= 15 is 0 Å². The standard InChI is InChI=1S/C17H37N3Si/c1-13(2)18-15-9-8-12-17(15,19-14(3)4)16(20-21)10-6-5-7-11-16/h13-15,18-20H,5-12H2,1-4,21H3. The van der Waals surface area contributed by atoms with E-state index in [1.54, 1.807) is 0 Å². The van der Waals surface area contributed by atoms with Crippen LogP contribution in [0.15, 0.2) is 0 Å². The lowest BCUT2D eigenvalue weighted by Gasteiger charge is -2.56. The lowest BCUT2D eigenvalue weighted by molar-refractivity contribution is 0.0733. The highest BCUT2D eigenvalue weighted by atomic mass is 28.2. The van der Waals surface area contributed by atoms with Gasteiger partial charge in [0.15, 0.2) is 0 Å². The number of hydrogen-bond donors (Lipinski definition) is 3. The highest BCUT2D eigenvalue weighted by Gasteiger charge is 2.56. The Balaban J connectivity index is 2.34. The molecule has 3 N–H and O–H groups in total. The van der Waals surface area contributed by atoms with Crippen LogP contribution in [0, 0.1) is 0 Å². The van der Waals surface area contributed by atoms with E-state index in [1.165, 1.54) is 51.4 Å². The molecule has 0 amide bonds. The summed E-state index contributed by atoms with van der Waals surface area (Å²) in [5.41, 5.74) is 0.568. The Hall–Kier alpha value is 0.0969. The molecule has 0 bridgehead atoms. The number of nitrogens with one attached hydrogen (secondary N) is 3. The number of hydrogen-bond acceptors (Lipinski definition) is 3. The third kappa shape index (κ3) is 3.38. The third-order valence-electron chi connectivity index (χ3n) is 5.78. The van der Waals surface area contributed by atoms with Crippen LogP contribution in [-0.2, 0) is 0 Å². The second-order valence-corrected chi connectivity index (χ2v) is 8.43. The van der Waals surface area contributed by atoms with Crippen LogP contribution in [-0.4, -0.2) is 39.6 Å². The molecule has 4 heteroatoms. The van der Waals surface area contributed by atoms with Crippen molar-refractivity contribution in [2.45, 2.75) is 108 Å². The summed E-state index contributed by atoms with van der Waals surface area (Å²) in [6.45, 7) is 9.21. The first-order valence-electron chi connectivity index (χ1n) is 9.18. The van der Waals surface area contributed by atoms with Gasteiger partial charge in [-0.2, -0.15) is 0 Å². The van der Waals surface area contributed by atoms with E-state index in [-0.39, 0.29) is 5.54 Å². The van der Waals surface area contributed by atoms with Gasteiger partial charge in [0.1, 0.15) is 0 Å². The van der Waals surface area contributed by atoms with Crippen LogP contribution in [0.2, 0.25) is 0 Å². The van der Waals surface area contributed by atoms with E-state index < -0.39 is 0 Å². The second kappa shape index (κ2) is 7.11. The Morgan fingerprint density at radius 3 is 2.10 bits per heavy atom. The van der Waals surface area contributed by atoms with Gasteiger partial charge in [0.2, 0.25) is 0 Å². The Kier molecular flexibility index (Phi) is 5.91. The van der Waals surface area contributed by atoms with Crippen LogP contribution in [0.4, 0.5) is 0 Å². The fourth-order valence-electron chi connectivity index (χ4n) is 5.11. The van der Waals surface area contributed by atoms with Crippen molar-refractivity contribution in [1.82, 2.24) is 15.6 Å². The van der Waals surface area contributed by atoms with Crippen molar-refractivity contribution in [3.05, 3.63) is 0 Å². The highest BCUT2D eigenvalue weighted by molar-refractivity contribution is 6.05. The fraction of sp³-hybridized carbons (Fsp3) is 1.00. The van der Waals surface area contributed by atoms with Crippen molar-refractivity contribution in [2.24, 2.45) is 0 Å². The molecule has 0 aromatic carbocycles. The van der Waals surface area contributed by atoms with Gasteiger partial charge in [-0.05, 0) is 32.1 Å². The molecule has 0 aliphatic heterocycles. The van der Waals surface area contributed by atoms with E-state index in [0.29, 0.717) is 23.7 Å². The average molecular weight is 312 g/mol. The van der Waals surface area contributed by atoms with Crippen molar-refractivity contribution >= 4 is 10.4 Å². The van der Waals surface area contributed by atoms with Crippen molar-refractivity contribution < 1.29 is 0 Å². The predicted octanol–water partition coefficient (Wildman–Crippen LogP) is 1.85. The minimum absolute atomic E-state index is 0.244. The third-order valence-corrected chi connectivity index (χ3v) is 6.74. The van der Waals surface area contributed by atoms with Gasteiger partial charge in [-0.25, -0.2) is 0 Å². The van der Waals surface area contributed by atoms with Gasteiger partial charge >= 0.3 is 0 Å². The van der Waals surface area contributed by atoms with Gasteiger partial charge in [0.25, 0.3) is 0 Å². The quantitative estimate of drug-likeness (QED) is 0.655. The largest absolute Gasteiger partial charge is 0.339 e. The summed E-state index contributed by atoms with van der Waals surface area (Å²) in [6.07, 6.45) is 10.9. The van der Waals surface area contributed by atoms with Crippen LogP contribution in [0.25, 0.3) is 0 Å². The summed E-state index contributed by atoms with van der Waals surface area (Å²) in [5, 5.41) is 7.98. The monoisotopic (exact) mass is 311 g/mol. The molecule has 0 saturated heterocycles. The molecule has 2 aliphatic rings. The molecule has 21 heavy (non-hydrogen) atoms. The summed E-state index contributed by atoms with van der Waals surface area (Å²) in [4.78, 5) is 3.95. The maximum Gasteiger partial charge on any atom is 0.0756 e. The van der Waals surface area contributed by atoms with E-state index in [2.05, 4.69) is 43.3 Å². The van der Waals surface area contributed by atoms with Crippen LogP contribution < -0.4 is 15.6 Å². The summed E-state index contributed by atoms with van der Waals surface area (Å²) in [5.74, 6) is 0. The molecule has 2 unspecified atom stereocenters. The van der Waals surface area contributed by atoms with Crippen molar-refractivity contribution in [2.75, 3.05) is 0 Å². The van der Waals surface area contributed by atoms with Gasteiger partial charge in [0.05, 0.1) is 15.9 Å². The first-order chi connectivity index (χ1) is 9.96. The van der Waals surface area contributed by atoms with Gasteiger partial charge in [-0.3, -0.25) is 0 Å². The molecule has 0 aromatic heterocycles. The zero-order valence-corrected chi connectivity index (χ0v) is 16.9. The molecule has 0 spiro atoms. The van der Waals surface area contributed by atoms with Crippen LogP contribution in [0.5, 0.6) is 0 Å². The molecule has 2 fully saturated rings. The molecule has 3 nitrogen and oxygen atoms in total. The smallest absolute Gasteiger partial charge is 0.0756 e. The Labute approximate surface area is 134 Å². The topological polar surface area (TPSA) is 36.1 Å². The van der Waals surface area contributed by atoms with Gasteiger partial charge < -0.3 is 15.6 Å². The zero-order chi connectivity index (χ0) is 15.5. The Bertz CT molecular complexity index is 326. The molecular weight excluding hydrogens is 274 g/mol. The van der Waals surface area contributed by atoms with E-state index in [0.717, 1.165) is 10.4 Å². The lowest BCUT2D eigenvalue weighted by Crippen LogP contribution is -2.76. The lowest BCUT2D eigenvalue weighted by atomic mass is 9.65. The van der Waals surface area contributed by atoms with Crippen molar-refractivity contribution in [1.29, 1.82) is 0 Å². The first-order valence-corrected chi connectivity index (χ1v) is 10.2. The average Bonchev–Trinajstić information content (AvgIpc) is 2.82. The van der Waals surface area contributed by atoms with Crippen molar-refractivity contribution in [3.63, 3.8) is 0 Å². The van der Waals surface area contributed by atoms with Gasteiger partial charge in [-0.15, -0.1) is 0 Å². The minimum atomic E-state index is 0.244. The number of rotatable bonds is 6. The summed E-state index contributed by atoms with van der Waals surface area (Å²) in [7, 11) is 1.09. The van der Waals surface area contributed by atoms with Crippen LogP contribution in [0.3, 0.4) is 0 Å². The summed E-state index contributed by atoms with van der Waals surface area (Å²) in [6, 6.07) is 1.73. The Morgan fingerprint density at radius 1 is 0.905 bits per heavy atom. The van der Waals surface area contributed by atoms with Gasteiger partial charge in [0, 0.05) is 23.7 Å². The second-order valence-electron chi connectivity index (χ2n) is 7.93. The van der Waals surface area contributed by atoms with Gasteiger partial charge in [-0.1, -0.05) is 47.0 Å². The van der Waals surface area contributed by atoms with E-state index in [9.17, 15) is 0 Å². The fourth-order valence-corrected chi connectivity index (χ4v) is 6.05. The Morgan fingerprint density at radius 2 is 1.57 bits per heavy atom. The SMILES string of the molecule is CC(C)NC1CCCC1(NC(C)C)C1(N[SiH3])CCCCC1. The summed E-state index contributed by atoms with van der Waals surface area (Å²) < 4.78 is 0. The normalized spacial score (nSPS) is 33.1. The zero-order valence-electron chi connectivity index (χ0n) is 14.9. The molecule has 0 radical (unpaired) electrons. The van der Waals surface area contributed by atoms with E-state index in [1.807, 2.05) is 0 Å². The maximum absolute atomic E-state index is 4.07. The maximum atomic E-state index is 4.07. The summed E-state index contributed by atoms with van der Waals surface area (Å²) >= 11 is 0. The highest BCUT2D eigenvalue weighted by Crippen LogP contribution is 2.46. The van der Waals surface area contributed by atoms with Crippen molar-refractivity contribution in [3.8, 4) is 0 Å². The van der Waals surface area contributed by atoms with E-state index in [4.69, 9.17) is 0 Å². The molecule has 2 rings (SSSR count). The molecule has 0 aromatic rings. The molecular formula is C17H37N3Si. The predicted molar refractivity (Wildman–Crippen MR) is 95.8 cm³/mol. The molecule has 2 saturated carbocycles. The van der Waals surface area contributed by atoms with Crippen LogP contribution in [0.1, 0.15) is 79.1 Å². The first kappa shape index (κ1) is 17.5.